The first-order valence-corrected chi connectivity index (χ1v) is 7.82. The van der Waals surface area contributed by atoms with Crippen LogP contribution in [0.1, 0.15) is 17.1 Å². The Morgan fingerprint density at radius 2 is 2.00 bits per heavy atom. The summed E-state index contributed by atoms with van der Waals surface area (Å²) in [5, 5.41) is 0. The molecular formula is C14H18N2O4S. The summed E-state index contributed by atoms with van der Waals surface area (Å²) in [5.41, 5.74) is 6.71. The van der Waals surface area contributed by atoms with Crippen molar-refractivity contribution < 1.29 is 17.6 Å². The summed E-state index contributed by atoms with van der Waals surface area (Å²) in [5.74, 6) is 1.41. The number of nitrogens with two attached hydrogens (primary N) is 1. The molecule has 0 aliphatic carbocycles. The molecule has 1 aromatic carbocycles. The van der Waals surface area contributed by atoms with Crippen molar-refractivity contribution in [1.29, 1.82) is 0 Å². The van der Waals surface area contributed by atoms with Gasteiger partial charge in [0.25, 0.3) is 10.0 Å². The number of anilines is 1. The van der Waals surface area contributed by atoms with Gasteiger partial charge in [0.05, 0.1) is 19.3 Å². The number of hydrogen-bond donors (Lipinski definition) is 2. The van der Waals surface area contributed by atoms with Crippen LogP contribution in [0.3, 0.4) is 0 Å². The first-order valence-electron chi connectivity index (χ1n) is 6.34. The molecule has 3 N–H and O–H groups in total. The molecule has 0 unspecified atom stereocenters. The molecule has 0 radical (unpaired) electrons. The highest BCUT2D eigenvalue weighted by molar-refractivity contribution is 7.92. The molecule has 0 bridgehead atoms. The van der Waals surface area contributed by atoms with Crippen LogP contribution in [0.4, 0.5) is 5.69 Å². The van der Waals surface area contributed by atoms with E-state index in [-0.39, 0.29) is 11.4 Å². The summed E-state index contributed by atoms with van der Waals surface area (Å²) >= 11 is 0. The van der Waals surface area contributed by atoms with Crippen LogP contribution >= 0.6 is 0 Å². The van der Waals surface area contributed by atoms with Crippen molar-refractivity contribution in [3.05, 3.63) is 41.3 Å². The molecule has 21 heavy (non-hydrogen) atoms. The lowest BCUT2D eigenvalue weighted by molar-refractivity contribution is 0.414. The zero-order valence-electron chi connectivity index (χ0n) is 12.1. The van der Waals surface area contributed by atoms with E-state index in [4.69, 9.17) is 14.9 Å². The lowest BCUT2D eigenvalue weighted by Gasteiger charge is -2.11. The Hall–Kier alpha value is -1.99. The minimum Gasteiger partial charge on any atom is -0.497 e. The summed E-state index contributed by atoms with van der Waals surface area (Å²) in [6, 6.07) is 6.55. The standard InChI is InChI=1S/C14H18N2O4S/c1-9-6-11(19-3)4-5-13(9)16-21(17,18)14-7-12(8-15)20-10(14)2/h4-7,16H,8,15H2,1-3H3. The maximum Gasteiger partial charge on any atom is 0.265 e. The second-order valence-electron chi connectivity index (χ2n) is 4.62. The van der Waals surface area contributed by atoms with Gasteiger partial charge in [-0.1, -0.05) is 0 Å². The Morgan fingerprint density at radius 3 is 2.52 bits per heavy atom. The minimum absolute atomic E-state index is 0.0955. The van der Waals surface area contributed by atoms with Crippen LogP contribution in [0, 0.1) is 13.8 Å². The number of nitrogens with one attached hydrogen (secondary N) is 1. The average Bonchev–Trinajstić information content (AvgIpc) is 2.83. The molecule has 6 nitrogen and oxygen atoms in total. The molecule has 114 valence electrons. The molecule has 2 rings (SSSR count). The number of ether oxygens (including phenoxy) is 1. The van der Waals surface area contributed by atoms with E-state index in [1.54, 1.807) is 39.2 Å². The molecule has 0 aliphatic rings. The van der Waals surface area contributed by atoms with Crippen molar-refractivity contribution in [2.45, 2.75) is 25.3 Å². The summed E-state index contributed by atoms with van der Waals surface area (Å²) in [6.45, 7) is 3.54. The highest BCUT2D eigenvalue weighted by atomic mass is 32.2. The number of rotatable bonds is 5. The third-order valence-electron chi connectivity index (χ3n) is 3.09. The van der Waals surface area contributed by atoms with Gasteiger partial charge >= 0.3 is 0 Å². The first-order chi connectivity index (χ1) is 9.87. The SMILES string of the molecule is COc1ccc(NS(=O)(=O)c2cc(CN)oc2C)c(C)c1. The molecule has 0 fully saturated rings. The van der Waals surface area contributed by atoms with Crippen molar-refractivity contribution in [2.24, 2.45) is 5.73 Å². The van der Waals surface area contributed by atoms with Crippen molar-refractivity contribution in [1.82, 2.24) is 0 Å². The van der Waals surface area contributed by atoms with E-state index in [9.17, 15) is 8.42 Å². The topological polar surface area (TPSA) is 94.6 Å². The molecule has 0 spiro atoms. The van der Waals surface area contributed by atoms with Crippen LogP contribution in [-0.2, 0) is 16.6 Å². The van der Waals surface area contributed by atoms with E-state index in [0.29, 0.717) is 23.0 Å². The fraction of sp³-hybridized carbons (Fsp3) is 0.286. The number of furan rings is 1. The quantitative estimate of drug-likeness (QED) is 0.882. The van der Waals surface area contributed by atoms with E-state index < -0.39 is 10.0 Å². The normalized spacial score (nSPS) is 11.4. The van der Waals surface area contributed by atoms with Gasteiger partial charge in [0.15, 0.2) is 0 Å². The molecule has 1 heterocycles. The van der Waals surface area contributed by atoms with Gasteiger partial charge in [-0.05, 0) is 37.6 Å². The van der Waals surface area contributed by atoms with Crippen molar-refractivity contribution in [3.63, 3.8) is 0 Å². The lowest BCUT2D eigenvalue weighted by atomic mass is 10.2. The second kappa shape index (κ2) is 5.79. The van der Waals surface area contributed by atoms with Gasteiger partial charge in [-0.15, -0.1) is 0 Å². The lowest BCUT2D eigenvalue weighted by Crippen LogP contribution is -2.14. The maximum absolute atomic E-state index is 12.4. The van der Waals surface area contributed by atoms with E-state index in [2.05, 4.69) is 4.72 Å². The largest absolute Gasteiger partial charge is 0.497 e. The number of sulfonamides is 1. The predicted molar refractivity (Wildman–Crippen MR) is 79.9 cm³/mol. The van der Waals surface area contributed by atoms with Crippen LogP contribution in [0.15, 0.2) is 33.6 Å². The monoisotopic (exact) mass is 310 g/mol. The Balaban J connectivity index is 2.35. The molecule has 2 aromatic rings. The smallest absolute Gasteiger partial charge is 0.265 e. The van der Waals surface area contributed by atoms with E-state index in [1.807, 2.05) is 0 Å². The highest BCUT2D eigenvalue weighted by Gasteiger charge is 2.22. The van der Waals surface area contributed by atoms with Gasteiger partial charge in [0.1, 0.15) is 22.2 Å². The zero-order valence-corrected chi connectivity index (χ0v) is 13.0. The zero-order chi connectivity index (χ0) is 15.6. The van der Waals surface area contributed by atoms with Crippen LogP contribution in [0.25, 0.3) is 0 Å². The molecule has 0 aliphatic heterocycles. The third kappa shape index (κ3) is 3.20. The number of methoxy groups -OCH3 is 1. The molecule has 0 saturated heterocycles. The van der Waals surface area contributed by atoms with Gasteiger partial charge in [0, 0.05) is 6.07 Å². The number of hydrogen-bond acceptors (Lipinski definition) is 5. The first kappa shape index (κ1) is 15.4. The summed E-state index contributed by atoms with van der Waals surface area (Å²) in [7, 11) is -2.16. The fourth-order valence-electron chi connectivity index (χ4n) is 1.97. The fourth-order valence-corrected chi connectivity index (χ4v) is 3.30. The van der Waals surface area contributed by atoms with Crippen LogP contribution in [0.2, 0.25) is 0 Å². The van der Waals surface area contributed by atoms with Crippen molar-refractivity contribution in [3.8, 4) is 5.75 Å². The highest BCUT2D eigenvalue weighted by Crippen LogP contribution is 2.26. The van der Waals surface area contributed by atoms with Gasteiger partial charge in [-0.25, -0.2) is 8.42 Å². The predicted octanol–water partition coefficient (Wildman–Crippen LogP) is 2.16. The average molecular weight is 310 g/mol. The third-order valence-corrected chi connectivity index (χ3v) is 4.56. The Morgan fingerprint density at radius 1 is 1.29 bits per heavy atom. The number of aryl methyl sites for hydroxylation is 2. The van der Waals surface area contributed by atoms with E-state index >= 15 is 0 Å². The molecule has 0 amide bonds. The maximum atomic E-state index is 12.4. The Kier molecular flexibility index (Phi) is 4.24. The summed E-state index contributed by atoms with van der Waals surface area (Å²) < 4.78 is 37.8. The Bertz CT molecular complexity index is 750. The molecule has 7 heteroatoms. The van der Waals surface area contributed by atoms with E-state index in [1.165, 1.54) is 6.07 Å². The van der Waals surface area contributed by atoms with Gasteiger partial charge in [-0.3, -0.25) is 4.72 Å². The molecule has 0 atom stereocenters. The molecule has 1 aromatic heterocycles. The minimum atomic E-state index is -3.72. The van der Waals surface area contributed by atoms with Gasteiger partial charge < -0.3 is 14.9 Å². The summed E-state index contributed by atoms with van der Waals surface area (Å²) in [4.78, 5) is 0.0955. The van der Waals surface area contributed by atoms with Gasteiger partial charge in [-0.2, -0.15) is 0 Å². The van der Waals surface area contributed by atoms with Crippen LogP contribution in [0.5, 0.6) is 5.75 Å². The van der Waals surface area contributed by atoms with Crippen molar-refractivity contribution >= 4 is 15.7 Å². The van der Waals surface area contributed by atoms with Crippen molar-refractivity contribution in [2.75, 3.05) is 11.8 Å². The number of benzene rings is 1. The molecular weight excluding hydrogens is 292 g/mol. The summed E-state index contributed by atoms with van der Waals surface area (Å²) in [6.07, 6.45) is 0. The second-order valence-corrected chi connectivity index (χ2v) is 6.27. The van der Waals surface area contributed by atoms with E-state index in [0.717, 1.165) is 5.56 Å². The van der Waals surface area contributed by atoms with Crippen LogP contribution in [-0.4, -0.2) is 15.5 Å². The molecule has 0 saturated carbocycles. The van der Waals surface area contributed by atoms with Gasteiger partial charge in [0.2, 0.25) is 0 Å². The van der Waals surface area contributed by atoms with Crippen LogP contribution < -0.4 is 15.2 Å². The Labute approximate surface area is 124 Å².